The van der Waals surface area contributed by atoms with E-state index in [1.807, 2.05) is 50.1 Å². The predicted octanol–water partition coefficient (Wildman–Crippen LogP) is 5.59. The number of pyridine rings is 1. The molecule has 3 heterocycles. The fourth-order valence-corrected chi connectivity index (χ4v) is 6.12. The van der Waals surface area contributed by atoms with Crippen molar-refractivity contribution in [2.45, 2.75) is 64.6 Å². The first-order chi connectivity index (χ1) is 18.7. The number of nitrogens with zero attached hydrogens (tertiary/aromatic N) is 5. The first kappa shape index (κ1) is 29.0. The molecular weight excluding hydrogens is 534 g/mol. The second kappa shape index (κ2) is 13.4. The number of thiophene rings is 1. The lowest BCUT2D eigenvalue weighted by atomic mass is 9.97. The normalized spacial score (nSPS) is 15.3. The lowest BCUT2D eigenvalue weighted by Crippen LogP contribution is -2.44. The predicted molar refractivity (Wildman–Crippen MR) is 159 cm³/mol. The molecule has 3 aromatic heterocycles. The smallest absolute Gasteiger partial charge is 0.247 e. The molecular formula is C28H38ClN7O2S. The molecule has 0 bridgehead atoms. The Morgan fingerprint density at radius 2 is 2.05 bits per heavy atom. The molecule has 1 aliphatic carbocycles. The van der Waals surface area contributed by atoms with Gasteiger partial charge in [0.15, 0.2) is 0 Å². The number of amides is 2. The fourth-order valence-electron chi connectivity index (χ4n) is 4.94. The summed E-state index contributed by atoms with van der Waals surface area (Å²) >= 11 is 7.65. The summed E-state index contributed by atoms with van der Waals surface area (Å²) in [7, 11) is 4.02. The van der Waals surface area contributed by atoms with Crippen LogP contribution in [0.25, 0.3) is 0 Å². The molecule has 0 aliphatic heterocycles. The maximum Gasteiger partial charge on any atom is 0.247 e. The number of aromatic nitrogens is 3. The van der Waals surface area contributed by atoms with Gasteiger partial charge in [-0.25, -0.2) is 0 Å². The highest BCUT2D eigenvalue weighted by molar-refractivity contribution is 7.16. The zero-order valence-electron chi connectivity index (χ0n) is 23.1. The molecule has 210 valence electrons. The van der Waals surface area contributed by atoms with Crippen molar-refractivity contribution in [3.8, 4) is 0 Å². The van der Waals surface area contributed by atoms with Crippen molar-refractivity contribution in [1.82, 2.24) is 19.7 Å². The minimum absolute atomic E-state index is 0.0358. The zero-order chi connectivity index (χ0) is 27.9. The topological polar surface area (TPSA) is 95.4 Å². The van der Waals surface area contributed by atoms with Gasteiger partial charge in [0.1, 0.15) is 6.04 Å². The van der Waals surface area contributed by atoms with Crippen LogP contribution in [0.15, 0.2) is 36.8 Å². The van der Waals surface area contributed by atoms with Crippen molar-refractivity contribution >= 4 is 51.6 Å². The fraction of sp³-hybridized carbons (Fsp3) is 0.500. The van der Waals surface area contributed by atoms with Crippen molar-refractivity contribution in [2.24, 2.45) is 5.92 Å². The summed E-state index contributed by atoms with van der Waals surface area (Å²) in [6.07, 6.45) is 11.1. The van der Waals surface area contributed by atoms with E-state index in [1.54, 1.807) is 17.3 Å². The summed E-state index contributed by atoms with van der Waals surface area (Å²) in [5.74, 6) is 0.229. The van der Waals surface area contributed by atoms with Gasteiger partial charge in [-0.05, 0) is 58.5 Å². The Hall–Kier alpha value is -2.95. The number of hydrogen-bond donors (Lipinski definition) is 2. The third-order valence-corrected chi connectivity index (χ3v) is 8.67. The molecule has 0 aromatic carbocycles. The molecule has 2 N–H and O–H groups in total. The van der Waals surface area contributed by atoms with E-state index < -0.39 is 6.04 Å². The number of nitrogens with one attached hydrogen (secondary N) is 2. The van der Waals surface area contributed by atoms with Crippen molar-refractivity contribution in [3.63, 3.8) is 0 Å². The average Bonchev–Trinajstić information content (AvgIpc) is 3.67. The highest BCUT2D eigenvalue weighted by atomic mass is 35.5. The van der Waals surface area contributed by atoms with Crippen LogP contribution in [-0.4, -0.2) is 58.7 Å². The standard InChI is InChI=1S/C28H38ClN7O2S/c1-19-24(14-22(29)15-30-19)32-20(2)26-9-10-27(39-26)36(18-37)25(13-21-7-5-6-8-21)28(38)33-23-16-31-35(17-23)12-11-34(3)4/h9-10,14-18,20-21,25,32H,5-8,11-13H2,1-4H3,(H,33,38)/t20-,25-/m0/s1. The number of halogens is 1. The quantitative estimate of drug-likeness (QED) is 0.260. The summed E-state index contributed by atoms with van der Waals surface area (Å²) < 4.78 is 1.82. The summed E-state index contributed by atoms with van der Waals surface area (Å²) in [4.78, 5) is 35.1. The van der Waals surface area contributed by atoms with Crippen LogP contribution >= 0.6 is 22.9 Å². The SMILES string of the molecule is Cc1ncc(Cl)cc1N[C@@H](C)c1ccc(N(C=O)[C@@H](CC2CCCC2)C(=O)Nc2cnn(CCN(C)C)c2)s1. The van der Waals surface area contributed by atoms with E-state index in [4.69, 9.17) is 11.6 Å². The first-order valence-corrected chi connectivity index (χ1v) is 14.6. The van der Waals surface area contributed by atoms with Crippen molar-refractivity contribution in [2.75, 3.05) is 36.2 Å². The van der Waals surface area contributed by atoms with Crippen LogP contribution in [0.2, 0.25) is 5.02 Å². The minimum Gasteiger partial charge on any atom is -0.376 e. The van der Waals surface area contributed by atoms with Crippen molar-refractivity contribution in [1.29, 1.82) is 0 Å². The number of anilines is 3. The largest absolute Gasteiger partial charge is 0.376 e. The summed E-state index contributed by atoms with van der Waals surface area (Å²) in [6, 6.07) is 5.14. The van der Waals surface area contributed by atoms with Crippen LogP contribution < -0.4 is 15.5 Å². The molecule has 39 heavy (non-hydrogen) atoms. The van der Waals surface area contributed by atoms with E-state index in [0.29, 0.717) is 23.0 Å². The lowest BCUT2D eigenvalue weighted by molar-refractivity contribution is -0.119. The van der Waals surface area contributed by atoms with Gasteiger partial charge in [-0.3, -0.25) is 24.2 Å². The van der Waals surface area contributed by atoms with E-state index in [0.717, 1.165) is 53.6 Å². The molecule has 9 nitrogen and oxygen atoms in total. The molecule has 1 fully saturated rings. The molecule has 0 spiro atoms. The van der Waals surface area contributed by atoms with E-state index in [1.165, 1.54) is 24.2 Å². The van der Waals surface area contributed by atoms with Gasteiger partial charge >= 0.3 is 0 Å². The van der Waals surface area contributed by atoms with Gasteiger partial charge in [0, 0.05) is 23.8 Å². The van der Waals surface area contributed by atoms with Gasteiger partial charge in [0.25, 0.3) is 0 Å². The van der Waals surface area contributed by atoms with E-state index in [2.05, 4.69) is 32.5 Å². The molecule has 0 saturated heterocycles. The summed E-state index contributed by atoms with van der Waals surface area (Å²) in [6.45, 7) is 5.55. The second-order valence-corrected chi connectivity index (χ2v) is 12.1. The molecule has 11 heteroatoms. The Kier molecular flexibility index (Phi) is 9.99. The maximum atomic E-state index is 13.6. The van der Waals surface area contributed by atoms with Gasteiger partial charge in [-0.2, -0.15) is 5.10 Å². The Balaban J connectivity index is 1.50. The third-order valence-electron chi connectivity index (χ3n) is 7.18. The van der Waals surface area contributed by atoms with Crippen LogP contribution in [-0.2, 0) is 16.1 Å². The van der Waals surface area contributed by atoms with Crippen molar-refractivity contribution < 1.29 is 9.59 Å². The third kappa shape index (κ3) is 7.80. The molecule has 1 saturated carbocycles. The second-order valence-electron chi connectivity index (χ2n) is 10.5. The average molecular weight is 572 g/mol. The van der Waals surface area contributed by atoms with E-state index in [9.17, 15) is 9.59 Å². The Labute approximate surface area is 239 Å². The van der Waals surface area contributed by atoms with Crippen LogP contribution in [0.3, 0.4) is 0 Å². The van der Waals surface area contributed by atoms with Crippen LogP contribution in [0.5, 0.6) is 0 Å². The molecule has 0 unspecified atom stereocenters. The molecule has 4 rings (SSSR count). The molecule has 1 aliphatic rings. The highest BCUT2D eigenvalue weighted by Crippen LogP contribution is 2.36. The minimum atomic E-state index is -0.607. The van der Waals surface area contributed by atoms with Gasteiger partial charge in [0.2, 0.25) is 12.3 Å². The van der Waals surface area contributed by atoms with E-state index in [-0.39, 0.29) is 11.9 Å². The first-order valence-electron chi connectivity index (χ1n) is 13.4. The molecule has 0 radical (unpaired) electrons. The van der Waals surface area contributed by atoms with Gasteiger partial charge in [-0.1, -0.05) is 37.3 Å². The Bertz CT molecular complexity index is 1250. The number of rotatable bonds is 13. The number of likely N-dealkylation sites (N-methyl/N-ethyl adjacent to an activating group) is 1. The number of carbonyl (C=O) groups is 2. The van der Waals surface area contributed by atoms with Gasteiger partial charge < -0.3 is 15.5 Å². The van der Waals surface area contributed by atoms with Gasteiger partial charge in [-0.15, -0.1) is 11.3 Å². The molecule has 3 aromatic rings. The number of aryl methyl sites for hydroxylation is 1. The monoisotopic (exact) mass is 571 g/mol. The lowest BCUT2D eigenvalue weighted by Gasteiger charge is -2.28. The van der Waals surface area contributed by atoms with E-state index >= 15 is 0 Å². The van der Waals surface area contributed by atoms with Crippen LogP contribution in [0, 0.1) is 12.8 Å². The zero-order valence-corrected chi connectivity index (χ0v) is 24.6. The molecule has 2 amide bonds. The number of hydrogen-bond acceptors (Lipinski definition) is 7. The van der Waals surface area contributed by atoms with Crippen LogP contribution in [0.1, 0.15) is 55.6 Å². The maximum absolute atomic E-state index is 13.6. The number of carbonyl (C=O) groups excluding carboxylic acids is 2. The molecule has 2 atom stereocenters. The van der Waals surface area contributed by atoms with Crippen LogP contribution in [0.4, 0.5) is 16.4 Å². The highest BCUT2D eigenvalue weighted by Gasteiger charge is 2.32. The Morgan fingerprint density at radius 1 is 1.28 bits per heavy atom. The summed E-state index contributed by atoms with van der Waals surface area (Å²) in [5.41, 5.74) is 2.36. The van der Waals surface area contributed by atoms with Crippen molar-refractivity contribution in [3.05, 3.63) is 52.4 Å². The summed E-state index contributed by atoms with van der Waals surface area (Å²) in [5, 5.41) is 12.2. The van der Waals surface area contributed by atoms with Gasteiger partial charge in [0.05, 0.1) is 45.9 Å². The Morgan fingerprint density at radius 3 is 2.77 bits per heavy atom.